The van der Waals surface area contributed by atoms with Gasteiger partial charge in [-0.05, 0) is 37.0 Å². The van der Waals surface area contributed by atoms with Gasteiger partial charge in [-0.2, -0.15) is 0 Å². The summed E-state index contributed by atoms with van der Waals surface area (Å²) in [5, 5.41) is 0. The van der Waals surface area contributed by atoms with Crippen molar-refractivity contribution in [2.45, 2.75) is 38.6 Å². The van der Waals surface area contributed by atoms with Crippen molar-refractivity contribution in [3.8, 4) is 18.1 Å². The van der Waals surface area contributed by atoms with Gasteiger partial charge in [0.1, 0.15) is 5.75 Å². The summed E-state index contributed by atoms with van der Waals surface area (Å²) in [6, 6.07) is 8.35. The molecule has 1 rings (SSSR count). The highest BCUT2D eigenvalue weighted by Gasteiger charge is 2.02. The molecule has 1 atom stereocenters. The summed E-state index contributed by atoms with van der Waals surface area (Å²) in [6.45, 7) is 2.78. The van der Waals surface area contributed by atoms with E-state index in [9.17, 15) is 0 Å². The molecule has 0 aliphatic carbocycles. The van der Waals surface area contributed by atoms with E-state index in [0.29, 0.717) is 6.61 Å². The Labute approximate surface area is 104 Å². The van der Waals surface area contributed by atoms with Crippen LogP contribution < -0.4 is 10.5 Å². The summed E-state index contributed by atoms with van der Waals surface area (Å²) in [4.78, 5) is 0. The van der Waals surface area contributed by atoms with Gasteiger partial charge >= 0.3 is 0 Å². The molecule has 0 radical (unpaired) electrons. The van der Waals surface area contributed by atoms with Crippen LogP contribution in [0.4, 0.5) is 0 Å². The number of benzene rings is 1. The summed E-state index contributed by atoms with van der Waals surface area (Å²) in [6.07, 6.45) is 8.74. The Morgan fingerprint density at radius 3 is 3.00 bits per heavy atom. The smallest absolute Gasteiger partial charge is 0.119 e. The van der Waals surface area contributed by atoms with E-state index in [1.54, 1.807) is 0 Å². The van der Waals surface area contributed by atoms with Crippen molar-refractivity contribution >= 4 is 0 Å². The first-order valence-corrected chi connectivity index (χ1v) is 6.17. The largest absolute Gasteiger partial charge is 0.494 e. The number of hydrogen-bond acceptors (Lipinski definition) is 2. The van der Waals surface area contributed by atoms with E-state index in [-0.39, 0.29) is 6.04 Å². The quantitative estimate of drug-likeness (QED) is 0.578. The molecule has 2 N–H and O–H groups in total. The van der Waals surface area contributed by atoms with Gasteiger partial charge in [-0.3, -0.25) is 0 Å². The molecule has 0 amide bonds. The second kappa shape index (κ2) is 7.76. The van der Waals surface area contributed by atoms with Gasteiger partial charge in [-0.15, -0.1) is 12.3 Å². The second-order valence-corrected chi connectivity index (χ2v) is 4.18. The maximum absolute atomic E-state index is 5.93. The van der Waals surface area contributed by atoms with Crippen LogP contribution in [0, 0.1) is 12.3 Å². The summed E-state index contributed by atoms with van der Waals surface area (Å²) in [5.41, 5.74) is 7.16. The number of rotatable bonds is 7. The molecule has 0 aliphatic rings. The van der Waals surface area contributed by atoms with Gasteiger partial charge < -0.3 is 10.5 Å². The maximum Gasteiger partial charge on any atom is 0.119 e. The predicted molar refractivity (Wildman–Crippen MR) is 72.0 cm³/mol. The summed E-state index contributed by atoms with van der Waals surface area (Å²) < 4.78 is 5.63. The Hall–Kier alpha value is -1.46. The molecular weight excluding hydrogens is 210 g/mol. The average Bonchev–Trinajstić information content (AvgIpc) is 2.35. The summed E-state index contributed by atoms with van der Waals surface area (Å²) >= 11 is 0. The third-order valence-corrected chi connectivity index (χ3v) is 2.65. The minimum Gasteiger partial charge on any atom is -0.494 e. The normalized spacial score (nSPS) is 11.8. The van der Waals surface area contributed by atoms with Crippen molar-refractivity contribution in [2.24, 2.45) is 5.73 Å². The minimum absolute atomic E-state index is 0.228. The molecule has 0 heterocycles. The molecule has 0 fully saturated rings. The molecule has 0 aromatic heterocycles. The van der Waals surface area contributed by atoms with E-state index >= 15 is 0 Å². The molecule has 2 heteroatoms. The van der Waals surface area contributed by atoms with E-state index in [1.165, 1.54) is 5.56 Å². The molecule has 2 nitrogen and oxygen atoms in total. The third kappa shape index (κ3) is 5.42. The van der Waals surface area contributed by atoms with Gasteiger partial charge in [-0.1, -0.05) is 19.1 Å². The Morgan fingerprint density at radius 2 is 2.29 bits per heavy atom. The van der Waals surface area contributed by atoms with Crippen molar-refractivity contribution in [3.05, 3.63) is 29.8 Å². The number of unbranched alkanes of at least 4 members (excludes halogenated alkanes) is 1. The van der Waals surface area contributed by atoms with Crippen LogP contribution in [0.3, 0.4) is 0 Å². The van der Waals surface area contributed by atoms with Crippen molar-refractivity contribution in [3.63, 3.8) is 0 Å². The van der Waals surface area contributed by atoms with E-state index in [0.717, 1.165) is 31.4 Å². The molecular formula is C15H21NO. The van der Waals surface area contributed by atoms with Crippen molar-refractivity contribution in [1.29, 1.82) is 0 Å². The molecule has 0 bridgehead atoms. The molecule has 17 heavy (non-hydrogen) atoms. The number of nitrogens with two attached hydrogens (primary N) is 1. The first-order chi connectivity index (χ1) is 8.26. The van der Waals surface area contributed by atoms with Crippen LogP contribution in [0.1, 0.15) is 31.7 Å². The first-order valence-electron chi connectivity index (χ1n) is 6.17. The van der Waals surface area contributed by atoms with Crippen LogP contribution >= 0.6 is 0 Å². The lowest BCUT2D eigenvalue weighted by atomic mass is 10.0. The van der Waals surface area contributed by atoms with Gasteiger partial charge in [0, 0.05) is 12.5 Å². The molecule has 1 unspecified atom stereocenters. The lowest BCUT2D eigenvalue weighted by molar-refractivity contribution is 0.312. The van der Waals surface area contributed by atoms with Crippen LogP contribution in [0.25, 0.3) is 0 Å². The van der Waals surface area contributed by atoms with Crippen molar-refractivity contribution < 1.29 is 4.74 Å². The first kappa shape index (κ1) is 13.6. The molecule has 1 aromatic rings. The summed E-state index contributed by atoms with van der Waals surface area (Å²) in [5.74, 6) is 3.51. The Bertz CT molecular complexity index is 367. The second-order valence-electron chi connectivity index (χ2n) is 4.18. The fourth-order valence-corrected chi connectivity index (χ4v) is 1.57. The Kier molecular flexibility index (Phi) is 6.21. The van der Waals surface area contributed by atoms with Gasteiger partial charge in [0.2, 0.25) is 0 Å². The van der Waals surface area contributed by atoms with E-state index in [1.807, 2.05) is 12.1 Å². The highest BCUT2D eigenvalue weighted by Crippen LogP contribution is 2.15. The number of hydrogen-bond donors (Lipinski definition) is 1. The molecule has 0 spiro atoms. The van der Waals surface area contributed by atoms with Gasteiger partial charge in [0.25, 0.3) is 0 Å². The predicted octanol–water partition coefficient (Wildman–Crippen LogP) is 2.76. The molecule has 92 valence electrons. The molecule has 0 saturated heterocycles. The summed E-state index contributed by atoms with van der Waals surface area (Å²) in [7, 11) is 0. The van der Waals surface area contributed by atoms with Crippen LogP contribution in [-0.4, -0.2) is 12.6 Å². The van der Waals surface area contributed by atoms with Crippen molar-refractivity contribution in [1.82, 2.24) is 0 Å². The Morgan fingerprint density at radius 1 is 1.47 bits per heavy atom. The third-order valence-electron chi connectivity index (χ3n) is 2.65. The average molecular weight is 231 g/mol. The Balaban J connectivity index is 2.45. The lowest BCUT2D eigenvalue weighted by Crippen LogP contribution is -2.21. The molecule has 0 aliphatic heterocycles. The van der Waals surface area contributed by atoms with Crippen LogP contribution in [-0.2, 0) is 6.42 Å². The van der Waals surface area contributed by atoms with Gasteiger partial charge in [0.05, 0.1) is 6.61 Å². The highest BCUT2D eigenvalue weighted by atomic mass is 16.5. The van der Waals surface area contributed by atoms with E-state index in [2.05, 4.69) is 25.0 Å². The topological polar surface area (TPSA) is 35.2 Å². The lowest BCUT2D eigenvalue weighted by Gasteiger charge is -2.10. The van der Waals surface area contributed by atoms with Gasteiger partial charge in [-0.25, -0.2) is 0 Å². The van der Waals surface area contributed by atoms with Crippen LogP contribution in [0.2, 0.25) is 0 Å². The van der Waals surface area contributed by atoms with Crippen LogP contribution in [0.5, 0.6) is 5.75 Å². The van der Waals surface area contributed by atoms with Crippen molar-refractivity contribution in [2.75, 3.05) is 6.61 Å². The zero-order chi connectivity index (χ0) is 12.5. The highest BCUT2D eigenvalue weighted by molar-refractivity contribution is 5.29. The number of terminal acetylenes is 1. The molecule has 0 saturated carbocycles. The zero-order valence-corrected chi connectivity index (χ0v) is 10.5. The van der Waals surface area contributed by atoms with Gasteiger partial charge in [0.15, 0.2) is 0 Å². The molecule has 1 aromatic carbocycles. The van der Waals surface area contributed by atoms with E-state index < -0.39 is 0 Å². The fraction of sp³-hybridized carbons (Fsp3) is 0.467. The fourth-order valence-electron chi connectivity index (χ4n) is 1.57. The zero-order valence-electron chi connectivity index (χ0n) is 10.5. The standard InChI is InChI=1S/C15H21NO/c1-3-5-6-10-17-15-9-7-8-13(12-15)11-14(16)4-2/h1,7-9,12,14H,4-6,10-11,16H2,2H3. The number of ether oxygens (including phenoxy) is 1. The maximum atomic E-state index is 5.93. The minimum atomic E-state index is 0.228. The van der Waals surface area contributed by atoms with E-state index in [4.69, 9.17) is 16.9 Å². The monoisotopic (exact) mass is 231 g/mol. The SMILES string of the molecule is C#CCCCOc1cccc(CC(N)CC)c1. The van der Waals surface area contributed by atoms with Crippen LogP contribution in [0.15, 0.2) is 24.3 Å².